The number of benzene rings is 1. The van der Waals surface area contributed by atoms with Crippen LogP contribution in [0.5, 0.6) is 5.75 Å². The molecule has 0 unspecified atom stereocenters. The average molecular weight is 478 g/mol. The zero-order chi connectivity index (χ0) is 23.5. The Morgan fingerprint density at radius 1 is 1.06 bits per heavy atom. The maximum absolute atomic E-state index is 5.38. The molecule has 0 N–H and O–H groups in total. The first kappa shape index (κ1) is 22.9. The molecule has 178 valence electrons. The molecule has 0 atom stereocenters. The predicted octanol–water partition coefficient (Wildman–Crippen LogP) is 4.55. The number of aromatic nitrogens is 4. The molecule has 1 saturated heterocycles. The SMILES string of the molecule is COc1ccc(CCc2nc3cc(-c4c(C)noc4C)cnc3n2CCN2CCSCC2)cc1. The van der Waals surface area contributed by atoms with Crippen LogP contribution in [-0.2, 0) is 19.4 Å². The fraction of sp³-hybridized carbons (Fsp3) is 0.423. The van der Waals surface area contributed by atoms with E-state index in [1.165, 1.54) is 17.1 Å². The molecular weight excluding hydrogens is 446 g/mol. The second-order valence-electron chi connectivity index (χ2n) is 8.75. The fourth-order valence-electron chi connectivity index (χ4n) is 4.63. The van der Waals surface area contributed by atoms with Gasteiger partial charge in [0.15, 0.2) is 5.65 Å². The van der Waals surface area contributed by atoms with Gasteiger partial charge in [0.25, 0.3) is 0 Å². The lowest BCUT2D eigenvalue weighted by molar-refractivity contribution is 0.289. The van der Waals surface area contributed by atoms with Gasteiger partial charge in [0.2, 0.25) is 0 Å². The summed E-state index contributed by atoms with van der Waals surface area (Å²) in [6, 6.07) is 10.4. The van der Waals surface area contributed by atoms with Crippen molar-refractivity contribution in [3.8, 4) is 16.9 Å². The van der Waals surface area contributed by atoms with E-state index in [0.29, 0.717) is 0 Å². The third kappa shape index (κ3) is 4.83. The van der Waals surface area contributed by atoms with Gasteiger partial charge in [0.05, 0.1) is 12.8 Å². The van der Waals surface area contributed by atoms with Crippen LogP contribution in [0.2, 0.25) is 0 Å². The first-order valence-electron chi connectivity index (χ1n) is 11.8. The van der Waals surface area contributed by atoms with Crippen LogP contribution in [0.3, 0.4) is 0 Å². The lowest BCUT2D eigenvalue weighted by Crippen LogP contribution is -2.35. The standard InChI is InChI=1S/C26H31N5O2S/c1-18-25(19(2)33-29-18)21-16-23-26(27-17-21)31(11-10-30-12-14-34-15-13-30)24(28-23)9-6-20-4-7-22(32-3)8-5-20/h4-5,7-8,16-17H,6,9-15H2,1-3H3. The number of methoxy groups -OCH3 is 1. The van der Waals surface area contributed by atoms with Crippen molar-refractivity contribution in [3.05, 3.63) is 59.4 Å². The summed E-state index contributed by atoms with van der Waals surface area (Å²) in [7, 11) is 1.70. The van der Waals surface area contributed by atoms with Gasteiger partial charge in [-0.05, 0) is 44.0 Å². The minimum Gasteiger partial charge on any atom is -0.497 e. The molecule has 4 heterocycles. The zero-order valence-corrected chi connectivity index (χ0v) is 20.9. The molecule has 5 rings (SSSR count). The largest absolute Gasteiger partial charge is 0.497 e. The Morgan fingerprint density at radius 2 is 1.85 bits per heavy atom. The monoisotopic (exact) mass is 477 g/mol. The highest BCUT2D eigenvalue weighted by atomic mass is 32.2. The van der Waals surface area contributed by atoms with Gasteiger partial charge in [-0.25, -0.2) is 9.97 Å². The van der Waals surface area contributed by atoms with Gasteiger partial charge in [0.1, 0.15) is 22.9 Å². The number of thioether (sulfide) groups is 1. The van der Waals surface area contributed by atoms with Gasteiger partial charge in [0, 0.05) is 61.4 Å². The number of nitrogens with zero attached hydrogens (tertiary/aromatic N) is 5. The first-order valence-corrected chi connectivity index (χ1v) is 13.0. The summed E-state index contributed by atoms with van der Waals surface area (Å²) in [5, 5.41) is 4.11. The van der Waals surface area contributed by atoms with Crippen molar-refractivity contribution in [1.82, 2.24) is 24.6 Å². The van der Waals surface area contributed by atoms with E-state index < -0.39 is 0 Å². The van der Waals surface area contributed by atoms with Crippen molar-refractivity contribution in [2.75, 3.05) is 38.2 Å². The Bertz CT molecular complexity index is 1240. The fourth-order valence-corrected chi connectivity index (χ4v) is 5.61. The molecule has 0 amide bonds. The smallest absolute Gasteiger partial charge is 0.160 e. The van der Waals surface area contributed by atoms with Crippen LogP contribution in [0, 0.1) is 13.8 Å². The van der Waals surface area contributed by atoms with E-state index in [2.05, 4.69) is 32.8 Å². The molecule has 0 radical (unpaired) electrons. The molecule has 8 heteroatoms. The van der Waals surface area contributed by atoms with Gasteiger partial charge < -0.3 is 13.8 Å². The lowest BCUT2D eigenvalue weighted by atomic mass is 10.1. The van der Waals surface area contributed by atoms with E-state index in [4.69, 9.17) is 19.2 Å². The van der Waals surface area contributed by atoms with Crippen LogP contribution >= 0.6 is 11.8 Å². The van der Waals surface area contributed by atoms with E-state index in [0.717, 1.165) is 84.3 Å². The van der Waals surface area contributed by atoms with Crippen LogP contribution < -0.4 is 4.74 Å². The Morgan fingerprint density at radius 3 is 2.56 bits per heavy atom. The van der Waals surface area contributed by atoms with Gasteiger partial charge in [-0.1, -0.05) is 17.3 Å². The molecule has 1 aliphatic rings. The van der Waals surface area contributed by atoms with Crippen LogP contribution in [-0.4, -0.2) is 62.8 Å². The Labute approximate surface area is 204 Å². The third-order valence-electron chi connectivity index (χ3n) is 6.53. The summed E-state index contributed by atoms with van der Waals surface area (Å²) >= 11 is 2.04. The summed E-state index contributed by atoms with van der Waals surface area (Å²) in [4.78, 5) is 12.5. The molecule has 0 bridgehead atoms. The van der Waals surface area contributed by atoms with Gasteiger partial charge in [-0.2, -0.15) is 11.8 Å². The van der Waals surface area contributed by atoms with Crippen LogP contribution in [0.1, 0.15) is 22.8 Å². The highest BCUT2D eigenvalue weighted by Gasteiger charge is 2.18. The van der Waals surface area contributed by atoms with Crippen molar-refractivity contribution in [1.29, 1.82) is 0 Å². The Kier molecular flexibility index (Phi) is 6.87. The number of ether oxygens (including phenoxy) is 1. The number of hydrogen-bond acceptors (Lipinski definition) is 7. The van der Waals surface area contributed by atoms with Crippen molar-refractivity contribution >= 4 is 22.9 Å². The molecule has 0 aliphatic carbocycles. The maximum Gasteiger partial charge on any atom is 0.160 e. The van der Waals surface area contributed by atoms with Crippen molar-refractivity contribution in [2.45, 2.75) is 33.2 Å². The average Bonchev–Trinajstić information content (AvgIpc) is 3.40. The molecule has 1 aromatic carbocycles. The number of imidazole rings is 1. The van der Waals surface area contributed by atoms with E-state index in [9.17, 15) is 0 Å². The molecule has 0 saturated carbocycles. The third-order valence-corrected chi connectivity index (χ3v) is 7.47. The molecule has 4 aromatic rings. The number of fused-ring (bicyclic) bond motifs is 1. The number of hydrogen-bond donors (Lipinski definition) is 0. The van der Waals surface area contributed by atoms with Crippen molar-refractivity contribution in [2.24, 2.45) is 0 Å². The zero-order valence-electron chi connectivity index (χ0n) is 20.1. The highest BCUT2D eigenvalue weighted by Crippen LogP contribution is 2.29. The molecular formula is C26H31N5O2S. The number of pyridine rings is 1. The molecule has 1 fully saturated rings. The Balaban J connectivity index is 1.44. The molecule has 34 heavy (non-hydrogen) atoms. The lowest BCUT2D eigenvalue weighted by Gasteiger charge is -2.26. The quantitative estimate of drug-likeness (QED) is 0.369. The van der Waals surface area contributed by atoms with Crippen molar-refractivity contribution < 1.29 is 9.26 Å². The molecule has 1 aliphatic heterocycles. The number of aryl methyl sites for hydroxylation is 4. The molecule has 0 spiro atoms. The van der Waals surface area contributed by atoms with Gasteiger partial charge >= 0.3 is 0 Å². The van der Waals surface area contributed by atoms with Crippen molar-refractivity contribution in [3.63, 3.8) is 0 Å². The normalized spacial score (nSPS) is 14.7. The Hall–Kier alpha value is -2.84. The highest BCUT2D eigenvalue weighted by molar-refractivity contribution is 7.99. The summed E-state index contributed by atoms with van der Waals surface area (Å²) in [5.41, 5.74) is 6.04. The maximum atomic E-state index is 5.38. The number of rotatable bonds is 8. The second kappa shape index (κ2) is 10.2. The summed E-state index contributed by atoms with van der Waals surface area (Å²) < 4.78 is 13.0. The first-order chi connectivity index (χ1) is 16.6. The van der Waals surface area contributed by atoms with E-state index in [-0.39, 0.29) is 0 Å². The van der Waals surface area contributed by atoms with E-state index >= 15 is 0 Å². The van der Waals surface area contributed by atoms with Crippen LogP contribution in [0.25, 0.3) is 22.3 Å². The van der Waals surface area contributed by atoms with E-state index in [1.54, 1.807) is 7.11 Å². The minimum atomic E-state index is 0.806. The summed E-state index contributed by atoms with van der Waals surface area (Å²) in [6.07, 6.45) is 3.71. The van der Waals surface area contributed by atoms with Crippen LogP contribution in [0.15, 0.2) is 41.1 Å². The van der Waals surface area contributed by atoms with E-state index in [1.807, 2.05) is 43.9 Å². The summed E-state index contributed by atoms with van der Waals surface area (Å²) in [5.74, 6) is 5.20. The molecule has 7 nitrogen and oxygen atoms in total. The second-order valence-corrected chi connectivity index (χ2v) is 9.97. The topological polar surface area (TPSA) is 69.2 Å². The minimum absolute atomic E-state index is 0.806. The van der Waals surface area contributed by atoms with Gasteiger partial charge in [-0.3, -0.25) is 4.90 Å². The molecule has 3 aromatic heterocycles. The van der Waals surface area contributed by atoms with Crippen LogP contribution in [0.4, 0.5) is 0 Å². The predicted molar refractivity (Wildman–Crippen MR) is 137 cm³/mol. The summed E-state index contributed by atoms with van der Waals surface area (Å²) in [6.45, 7) is 8.14. The van der Waals surface area contributed by atoms with Gasteiger partial charge in [-0.15, -0.1) is 0 Å².